The highest BCUT2D eigenvalue weighted by Gasteiger charge is 2.39. The van der Waals surface area contributed by atoms with Gasteiger partial charge in [0, 0.05) is 37.7 Å². The van der Waals surface area contributed by atoms with Gasteiger partial charge in [-0.25, -0.2) is 0 Å². The average Bonchev–Trinajstić information content (AvgIpc) is 3.06. The number of fused-ring (bicyclic) bond motifs is 1. The summed E-state index contributed by atoms with van der Waals surface area (Å²) in [4.78, 5) is 38.2. The molecule has 0 aromatic heterocycles. The maximum atomic E-state index is 12.9. The van der Waals surface area contributed by atoms with Gasteiger partial charge < -0.3 is 16.0 Å². The Balaban J connectivity index is 1.46. The molecule has 1 saturated carbocycles. The number of imide groups is 1. The van der Waals surface area contributed by atoms with Crippen molar-refractivity contribution in [2.45, 2.75) is 70.1 Å². The zero-order chi connectivity index (χ0) is 20.4. The summed E-state index contributed by atoms with van der Waals surface area (Å²) in [6.07, 6.45) is 6.97. The van der Waals surface area contributed by atoms with Gasteiger partial charge in [-0.3, -0.25) is 19.7 Å². The molecule has 0 bridgehead atoms. The van der Waals surface area contributed by atoms with Crippen molar-refractivity contribution in [1.82, 2.24) is 15.5 Å². The van der Waals surface area contributed by atoms with Crippen LogP contribution in [0.1, 0.15) is 66.4 Å². The monoisotopic (exact) mass is 398 g/mol. The van der Waals surface area contributed by atoms with E-state index in [1.165, 1.54) is 32.1 Å². The first kappa shape index (κ1) is 20.0. The number of nitrogens with zero attached hydrogens (tertiary/aromatic N) is 1. The lowest BCUT2D eigenvalue weighted by Crippen LogP contribution is -2.52. The summed E-state index contributed by atoms with van der Waals surface area (Å²) >= 11 is 0. The smallest absolute Gasteiger partial charge is 0.255 e. The van der Waals surface area contributed by atoms with Crippen LogP contribution in [0.15, 0.2) is 18.2 Å². The zero-order valence-corrected chi connectivity index (χ0v) is 16.8. The number of rotatable bonds is 6. The van der Waals surface area contributed by atoms with Crippen LogP contribution in [-0.2, 0) is 22.7 Å². The number of hydrogen-bond donors (Lipinski definition) is 3. The molecule has 1 aromatic carbocycles. The first-order valence-electron chi connectivity index (χ1n) is 10.8. The average molecular weight is 399 g/mol. The fraction of sp³-hybridized carbons (Fsp3) is 0.591. The Labute approximate surface area is 171 Å². The van der Waals surface area contributed by atoms with Gasteiger partial charge in [0.05, 0.1) is 0 Å². The van der Waals surface area contributed by atoms with Gasteiger partial charge in [-0.05, 0) is 42.4 Å². The third-order valence-corrected chi connectivity index (χ3v) is 6.71. The Morgan fingerprint density at radius 3 is 2.66 bits per heavy atom. The van der Waals surface area contributed by atoms with Crippen molar-refractivity contribution in [3.63, 3.8) is 0 Å². The maximum Gasteiger partial charge on any atom is 0.255 e. The lowest BCUT2D eigenvalue weighted by molar-refractivity contribution is -0.136. The standard InChI is InChI=1S/C22H30N4O3/c23-11-18(14-5-2-1-3-6-14)24-12-15-7-4-8-16-17(15)13-26(22(16)29)19-9-10-20(27)25-21(19)28/h4,7-8,14,18-19,24H,1-3,5-6,9-13,23H2,(H,25,27,28)/t18-,19?/m0/s1. The fourth-order valence-corrected chi connectivity index (χ4v) is 5.04. The largest absolute Gasteiger partial charge is 0.329 e. The topological polar surface area (TPSA) is 105 Å². The molecule has 2 atom stereocenters. The Morgan fingerprint density at radius 1 is 1.14 bits per heavy atom. The molecule has 1 aromatic rings. The van der Waals surface area contributed by atoms with E-state index in [1.807, 2.05) is 18.2 Å². The Kier molecular flexibility index (Phi) is 5.96. The highest BCUT2D eigenvalue weighted by Crippen LogP contribution is 2.30. The molecule has 0 spiro atoms. The predicted octanol–water partition coefficient (Wildman–Crippen LogP) is 1.44. The lowest BCUT2D eigenvalue weighted by atomic mass is 9.84. The summed E-state index contributed by atoms with van der Waals surface area (Å²) < 4.78 is 0. The van der Waals surface area contributed by atoms with E-state index in [9.17, 15) is 14.4 Å². The molecule has 29 heavy (non-hydrogen) atoms. The van der Waals surface area contributed by atoms with E-state index in [2.05, 4.69) is 10.6 Å². The van der Waals surface area contributed by atoms with Gasteiger partial charge in [-0.2, -0.15) is 0 Å². The molecule has 1 aliphatic carbocycles. The number of carbonyl (C=O) groups excluding carboxylic acids is 3. The summed E-state index contributed by atoms with van der Waals surface area (Å²) in [6.45, 7) is 1.69. The number of amides is 3. The number of benzene rings is 1. The van der Waals surface area contributed by atoms with Crippen LogP contribution >= 0.6 is 0 Å². The van der Waals surface area contributed by atoms with Crippen molar-refractivity contribution in [1.29, 1.82) is 0 Å². The van der Waals surface area contributed by atoms with Gasteiger partial charge >= 0.3 is 0 Å². The number of nitrogens with two attached hydrogens (primary N) is 1. The van der Waals surface area contributed by atoms with Crippen LogP contribution in [0.3, 0.4) is 0 Å². The van der Waals surface area contributed by atoms with Crippen LogP contribution in [0.4, 0.5) is 0 Å². The Morgan fingerprint density at radius 2 is 1.93 bits per heavy atom. The van der Waals surface area contributed by atoms with Crippen molar-refractivity contribution >= 4 is 17.7 Å². The van der Waals surface area contributed by atoms with E-state index in [0.717, 1.165) is 11.1 Å². The molecule has 4 N–H and O–H groups in total. The van der Waals surface area contributed by atoms with Crippen LogP contribution in [0, 0.1) is 5.92 Å². The third-order valence-electron chi connectivity index (χ3n) is 6.71. The van der Waals surface area contributed by atoms with Gasteiger partial charge in [0.25, 0.3) is 5.91 Å². The molecule has 156 valence electrons. The first-order chi connectivity index (χ1) is 14.1. The van der Waals surface area contributed by atoms with Crippen LogP contribution in [-0.4, -0.2) is 41.2 Å². The minimum atomic E-state index is -0.576. The van der Waals surface area contributed by atoms with Gasteiger partial charge in [-0.1, -0.05) is 31.4 Å². The van der Waals surface area contributed by atoms with Crippen LogP contribution < -0.4 is 16.4 Å². The molecular formula is C22H30N4O3. The molecule has 1 unspecified atom stereocenters. The fourth-order valence-electron chi connectivity index (χ4n) is 5.04. The van der Waals surface area contributed by atoms with E-state index in [-0.39, 0.29) is 30.2 Å². The van der Waals surface area contributed by atoms with Crippen LogP contribution in [0.2, 0.25) is 0 Å². The normalized spacial score (nSPS) is 23.8. The molecule has 2 aliphatic heterocycles. The third kappa shape index (κ3) is 4.07. The number of hydrogen-bond acceptors (Lipinski definition) is 5. The summed E-state index contributed by atoms with van der Waals surface area (Å²) in [7, 11) is 0. The maximum absolute atomic E-state index is 12.9. The van der Waals surface area contributed by atoms with E-state index >= 15 is 0 Å². The molecule has 3 aliphatic rings. The Bertz CT molecular complexity index is 803. The van der Waals surface area contributed by atoms with Crippen molar-refractivity contribution in [3.05, 3.63) is 34.9 Å². The van der Waals surface area contributed by atoms with E-state index < -0.39 is 6.04 Å². The minimum Gasteiger partial charge on any atom is -0.329 e. The molecule has 2 heterocycles. The SMILES string of the molecule is NC[C@H](NCc1cccc2c1CN(C1CCC(=O)NC1=O)C2=O)C1CCCCC1. The van der Waals surface area contributed by atoms with Crippen molar-refractivity contribution in [2.24, 2.45) is 11.7 Å². The number of carbonyl (C=O) groups is 3. The van der Waals surface area contributed by atoms with Crippen molar-refractivity contribution in [3.8, 4) is 0 Å². The summed E-state index contributed by atoms with van der Waals surface area (Å²) in [6, 6.07) is 5.48. The second-order valence-corrected chi connectivity index (χ2v) is 8.46. The minimum absolute atomic E-state index is 0.126. The van der Waals surface area contributed by atoms with Crippen LogP contribution in [0.5, 0.6) is 0 Å². The molecule has 7 nitrogen and oxygen atoms in total. The molecule has 4 rings (SSSR count). The quantitative estimate of drug-likeness (QED) is 0.629. The molecule has 1 saturated heterocycles. The summed E-state index contributed by atoms with van der Waals surface area (Å²) in [5.41, 5.74) is 8.78. The second-order valence-electron chi connectivity index (χ2n) is 8.46. The van der Waals surface area contributed by atoms with Gasteiger partial charge in [0.2, 0.25) is 11.8 Å². The molecule has 2 fully saturated rings. The van der Waals surface area contributed by atoms with Crippen molar-refractivity contribution < 1.29 is 14.4 Å². The van der Waals surface area contributed by atoms with Gasteiger partial charge in [0.1, 0.15) is 6.04 Å². The van der Waals surface area contributed by atoms with E-state index in [1.54, 1.807) is 4.90 Å². The molecule has 3 amide bonds. The number of nitrogens with one attached hydrogen (secondary N) is 2. The number of piperidine rings is 1. The van der Waals surface area contributed by atoms with Gasteiger partial charge in [0.15, 0.2) is 0 Å². The first-order valence-corrected chi connectivity index (χ1v) is 10.8. The Hall–Kier alpha value is -2.25. The predicted molar refractivity (Wildman–Crippen MR) is 109 cm³/mol. The summed E-state index contributed by atoms with van der Waals surface area (Å²) in [5.74, 6) is -0.149. The molecule has 7 heteroatoms. The van der Waals surface area contributed by atoms with E-state index in [0.29, 0.717) is 37.5 Å². The van der Waals surface area contributed by atoms with Crippen molar-refractivity contribution in [2.75, 3.05) is 6.54 Å². The summed E-state index contributed by atoms with van der Waals surface area (Å²) in [5, 5.41) is 5.98. The highest BCUT2D eigenvalue weighted by molar-refractivity contribution is 6.05. The molecular weight excluding hydrogens is 368 g/mol. The second kappa shape index (κ2) is 8.63. The lowest BCUT2D eigenvalue weighted by Gasteiger charge is -2.30. The molecule has 0 radical (unpaired) electrons. The zero-order valence-electron chi connectivity index (χ0n) is 16.8. The highest BCUT2D eigenvalue weighted by atomic mass is 16.2. The van der Waals surface area contributed by atoms with E-state index in [4.69, 9.17) is 5.73 Å². The van der Waals surface area contributed by atoms with Gasteiger partial charge in [-0.15, -0.1) is 0 Å². The van der Waals surface area contributed by atoms with Crippen LogP contribution in [0.25, 0.3) is 0 Å².